The van der Waals surface area contributed by atoms with Gasteiger partial charge in [-0.1, -0.05) is 32.6 Å². The summed E-state index contributed by atoms with van der Waals surface area (Å²) < 4.78 is 0. The first-order valence-corrected chi connectivity index (χ1v) is 5.52. The zero-order valence-corrected chi connectivity index (χ0v) is 8.83. The molecule has 3 heteroatoms. The van der Waals surface area contributed by atoms with Gasteiger partial charge in [-0.25, -0.2) is 0 Å². The quantitative estimate of drug-likeness (QED) is 0.731. The van der Waals surface area contributed by atoms with E-state index in [0.29, 0.717) is 0 Å². The molecular formula is C11H20O3. The molecule has 0 aromatic carbocycles. The van der Waals surface area contributed by atoms with E-state index in [2.05, 4.69) is 0 Å². The molecule has 1 saturated carbocycles. The van der Waals surface area contributed by atoms with E-state index in [9.17, 15) is 9.90 Å². The molecule has 0 aliphatic heterocycles. The summed E-state index contributed by atoms with van der Waals surface area (Å²) in [4.78, 5) is 10.6. The lowest BCUT2D eigenvalue weighted by Crippen LogP contribution is -2.40. The van der Waals surface area contributed by atoms with Crippen molar-refractivity contribution in [3.05, 3.63) is 0 Å². The van der Waals surface area contributed by atoms with Gasteiger partial charge < -0.3 is 10.2 Å². The molecule has 0 aromatic heterocycles. The van der Waals surface area contributed by atoms with Crippen molar-refractivity contribution in [2.45, 2.75) is 57.5 Å². The average molecular weight is 200 g/mol. The van der Waals surface area contributed by atoms with Gasteiger partial charge in [0.1, 0.15) is 0 Å². The van der Waals surface area contributed by atoms with E-state index in [4.69, 9.17) is 5.11 Å². The molecule has 0 amide bonds. The maximum atomic E-state index is 10.6. The molecule has 1 unspecified atom stereocenters. The third-order valence-corrected chi connectivity index (χ3v) is 3.39. The molecule has 1 rings (SSSR count). The minimum Gasteiger partial charge on any atom is -0.481 e. The fourth-order valence-corrected chi connectivity index (χ4v) is 2.50. The molecule has 0 heterocycles. The Morgan fingerprint density at radius 2 is 1.93 bits per heavy atom. The van der Waals surface area contributed by atoms with Crippen LogP contribution in [0.3, 0.4) is 0 Å². The lowest BCUT2D eigenvalue weighted by Gasteiger charge is -2.38. The highest BCUT2D eigenvalue weighted by Gasteiger charge is 2.37. The van der Waals surface area contributed by atoms with Crippen molar-refractivity contribution < 1.29 is 15.0 Å². The zero-order valence-electron chi connectivity index (χ0n) is 8.83. The van der Waals surface area contributed by atoms with Crippen molar-refractivity contribution in [3.63, 3.8) is 0 Å². The molecule has 82 valence electrons. The first-order valence-electron chi connectivity index (χ1n) is 5.52. The first kappa shape index (κ1) is 11.5. The normalized spacial score (nSPS) is 23.0. The maximum absolute atomic E-state index is 10.6. The van der Waals surface area contributed by atoms with Crippen LogP contribution in [-0.2, 0) is 4.79 Å². The van der Waals surface area contributed by atoms with Gasteiger partial charge in [0.25, 0.3) is 0 Å². The van der Waals surface area contributed by atoms with Crippen LogP contribution in [0.2, 0.25) is 0 Å². The zero-order chi connectivity index (χ0) is 10.6. The Morgan fingerprint density at radius 1 is 1.36 bits per heavy atom. The summed E-state index contributed by atoms with van der Waals surface area (Å²) in [7, 11) is 0. The molecule has 0 bridgehead atoms. The number of aliphatic carboxylic acids is 1. The van der Waals surface area contributed by atoms with Crippen LogP contribution in [0.4, 0.5) is 0 Å². The van der Waals surface area contributed by atoms with Gasteiger partial charge in [-0.2, -0.15) is 0 Å². The van der Waals surface area contributed by atoms with E-state index in [0.717, 1.165) is 32.1 Å². The fraction of sp³-hybridized carbons (Fsp3) is 0.909. The Kier molecular flexibility index (Phi) is 3.93. The van der Waals surface area contributed by atoms with Gasteiger partial charge in [0.15, 0.2) is 0 Å². The second-order valence-corrected chi connectivity index (χ2v) is 4.37. The van der Waals surface area contributed by atoms with E-state index < -0.39 is 11.6 Å². The van der Waals surface area contributed by atoms with Crippen LogP contribution in [-0.4, -0.2) is 21.8 Å². The summed E-state index contributed by atoms with van der Waals surface area (Å²) in [6, 6.07) is 0. The Hall–Kier alpha value is -0.570. The van der Waals surface area contributed by atoms with Crippen LogP contribution in [0.15, 0.2) is 0 Å². The summed E-state index contributed by atoms with van der Waals surface area (Å²) in [6.45, 7) is 1.96. The summed E-state index contributed by atoms with van der Waals surface area (Å²) >= 11 is 0. The van der Waals surface area contributed by atoms with E-state index in [1.165, 1.54) is 6.42 Å². The minimum absolute atomic E-state index is 0.0692. The molecule has 2 N–H and O–H groups in total. The van der Waals surface area contributed by atoms with E-state index >= 15 is 0 Å². The van der Waals surface area contributed by atoms with E-state index in [1.54, 1.807) is 0 Å². The summed E-state index contributed by atoms with van der Waals surface area (Å²) in [6.07, 6.45) is 5.65. The third kappa shape index (κ3) is 2.71. The van der Waals surface area contributed by atoms with Gasteiger partial charge in [0.05, 0.1) is 12.0 Å². The number of carboxylic acid groups (broad SMARTS) is 1. The molecule has 0 radical (unpaired) electrons. The Bertz CT molecular complexity index is 195. The predicted molar refractivity (Wildman–Crippen MR) is 54.1 cm³/mol. The second kappa shape index (κ2) is 4.78. The van der Waals surface area contributed by atoms with Crippen LogP contribution in [0.25, 0.3) is 0 Å². The van der Waals surface area contributed by atoms with Gasteiger partial charge in [-0.3, -0.25) is 4.79 Å². The smallest absolute Gasteiger partial charge is 0.303 e. The van der Waals surface area contributed by atoms with Crippen molar-refractivity contribution >= 4 is 5.97 Å². The molecule has 1 fully saturated rings. The standard InChI is InChI=1S/C11H20O3/c1-2-9(8-10(12)13)11(14)6-4-3-5-7-11/h9,14H,2-8H2,1H3,(H,12,13). The molecule has 0 saturated heterocycles. The number of carbonyl (C=O) groups is 1. The Labute approximate surface area is 85.1 Å². The fourth-order valence-electron chi connectivity index (χ4n) is 2.50. The SMILES string of the molecule is CCC(CC(=O)O)C1(O)CCCCC1. The minimum atomic E-state index is -0.796. The molecule has 1 atom stereocenters. The van der Waals surface area contributed by atoms with Crippen LogP contribution >= 0.6 is 0 Å². The van der Waals surface area contributed by atoms with Crippen LogP contribution < -0.4 is 0 Å². The topological polar surface area (TPSA) is 57.5 Å². The Morgan fingerprint density at radius 3 is 2.36 bits per heavy atom. The predicted octanol–water partition coefficient (Wildman–Crippen LogP) is 2.18. The van der Waals surface area contributed by atoms with Crippen LogP contribution in [0, 0.1) is 5.92 Å². The summed E-state index contributed by atoms with van der Waals surface area (Å²) in [5, 5.41) is 19.1. The lowest BCUT2D eigenvalue weighted by atomic mass is 9.73. The number of carboxylic acids is 1. The van der Waals surface area contributed by atoms with Gasteiger partial charge in [0.2, 0.25) is 0 Å². The molecule has 1 aliphatic carbocycles. The number of hydrogen-bond donors (Lipinski definition) is 2. The summed E-state index contributed by atoms with van der Waals surface area (Å²) in [5.41, 5.74) is -0.703. The van der Waals surface area contributed by atoms with Crippen molar-refractivity contribution in [2.24, 2.45) is 5.92 Å². The van der Waals surface area contributed by atoms with Crippen LogP contribution in [0.1, 0.15) is 51.9 Å². The van der Waals surface area contributed by atoms with Crippen molar-refractivity contribution in [1.29, 1.82) is 0 Å². The van der Waals surface area contributed by atoms with Gasteiger partial charge >= 0.3 is 5.97 Å². The highest BCUT2D eigenvalue weighted by molar-refractivity contribution is 5.67. The largest absolute Gasteiger partial charge is 0.481 e. The van der Waals surface area contributed by atoms with Gasteiger partial charge in [-0.05, 0) is 18.8 Å². The summed E-state index contributed by atoms with van der Waals surface area (Å²) in [5.74, 6) is -0.865. The van der Waals surface area contributed by atoms with E-state index in [-0.39, 0.29) is 12.3 Å². The van der Waals surface area contributed by atoms with E-state index in [1.807, 2.05) is 6.92 Å². The molecular weight excluding hydrogens is 180 g/mol. The van der Waals surface area contributed by atoms with Gasteiger partial charge in [0, 0.05) is 0 Å². The monoisotopic (exact) mass is 200 g/mol. The van der Waals surface area contributed by atoms with Crippen molar-refractivity contribution in [2.75, 3.05) is 0 Å². The van der Waals surface area contributed by atoms with Crippen molar-refractivity contribution in [3.8, 4) is 0 Å². The molecule has 0 spiro atoms. The lowest BCUT2D eigenvalue weighted by molar-refractivity contribution is -0.142. The maximum Gasteiger partial charge on any atom is 0.303 e. The van der Waals surface area contributed by atoms with Gasteiger partial charge in [-0.15, -0.1) is 0 Å². The highest BCUT2D eigenvalue weighted by atomic mass is 16.4. The second-order valence-electron chi connectivity index (χ2n) is 4.37. The number of aliphatic hydroxyl groups is 1. The Balaban J connectivity index is 2.60. The number of hydrogen-bond acceptors (Lipinski definition) is 2. The van der Waals surface area contributed by atoms with Crippen LogP contribution in [0.5, 0.6) is 0 Å². The average Bonchev–Trinajstić information content (AvgIpc) is 2.15. The van der Waals surface area contributed by atoms with Crippen molar-refractivity contribution in [1.82, 2.24) is 0 Å². The first-order chi connectivity index (χ1) is 6.58. The molecule has 14 heavy (non-hydrogen) atoms. The third-order valence-electron chi connectivity index (χ3n) is 3.39. The number of rotatable bonds is 4. The molecule has 1 aliphatic rings. The molecule has 3 nitrogen and oxygen atoms in total. The highest BCUT2D eigenvalue weighted by Crippen LogP contribution is 2.37. The molecule has 0 aromatic rings.